The Balaban J connectivity index is 1.44. The standard InChI is InChI=1S/C18H18N2/c19-13-16-10-8-15(9-11-16)5-4-12-20-14-18(20)17-6-2-1-3-7-17/h1-3,6-11,18H,4-5,12,14H2/t18?,20-/m0/s1. The van der Waals surface area contributed by atoms with E-state index in [1.54, 1.807) is 0 Å². The third kappa shape index (κ3) is 3.07. The van der Waals surface area contributed by atoms with Crippen LogP contribution >= 0.6 is 0 Å². The molecule has 0 radical (unpaired) electrons. The van der Waals surface area contributed by atoms with Gasteiger partial charge in [0.25, 0.3) is 0 Å². The van der Waals surface area contributed by atoms with Crippen molar-refractivity contribution in [3.63, 3.8) is 0 Å². The summed E-state index contributed by atoms with van der Waals surface area (Å²) in [7, 11) is 0. The van der Waals surface area contributed by atoms with E-state index in [-0.39, 0.29) is 0 Å². The van der Waals surface area contributed by atoms with E-state index in [4.69, 9.17) is 5.26 Å². The zero-order valence-corrected chi connectivity index (χ0v) is 11.5. The largest absolute Gasteiger partial charge is 0.293 e. The number of aryl methyl sites for hydroxylation is 1. The van der Waals surface area contributed by atoms with Crippen LogP contribution in [0, 0.1) is 11.3 Å². The van der Waals surface area contributed by atoms with Crippen LogP contribution in [0.3, 0.4) is 0 Å². The lowest BCUT2D eigenvalue weighted by Gasteiger charge is -2.04. The number of benzene rings is 2. The normalized spacial score (nSPS) is 20.4. The summed E-state index contributed by atoms with van der Waals surface area (Å²) in [5.41, 5.74) is 3.50. The molecule has 0 amide bonds. The topological polar surface area (TPSA) is 26.8 Å². The fourth-order valence-corrected chi connectivity index (χ4v) is 2.65. The second kappa shape index (κ2) is 5.90. The van der Waals surface area contributed by atoms with Crippen LogP contribution in [-0.4, -0.2) is 18.0 Å². The molecule has 1 saturated heterocycles. The van der Waals surface area contributed by atoms with Gasteiger partial charge in [0.1, 0.15) is 0 Å². The SMILES string of the molecule is N#Cc1ccc(CCC[N@@]2CC2c2ccccc2)cc1. The van der Waals surface area contributed by atoms with Crippen LogP contribution in [0.25, 0.3) is 0 Å². The van der Waals surface area contributed by atoms with Crippen LogP contribution in [0.4, 0.5) is 0 Å². The molecule has 0 aromatic heterocycles. The van der Waals surface area contributed by atoms with Crippen molar-refractivity contribution in [2.24, 2.45) is 0 Å². The van der Waals surface area contributed by atoms with Gasteiger partial charge in [-0.05, 0) is 42.6 Å². The summed E-state index contributed by atoms with van der Waals surface area (Å²) < 4.78 is 0. The van der Waals surface area contributed by atoms with E-state index in [0.29, 0.717) is 6.04 Å². The molecule has 0 bridgehead atoms. The van der Waals surface area contributed by atoms with E-state index in [1.165, 1.54) is 24.1 Å². The highest BCUT2D eigenvalue weighted by molar-refractivity contribution is 5.31. The molecule has 100 valence electrons. The minimum Gasteiger partial charge on any atom is -0.293 e. The van der Waals surface area contributed by atoms with E-state index < -0.39 is 0 Å². The Morgan fingerprint density at radius 1 is 1.05 bits per heavy atom. The van der Waals surface area contributed by atoms with Crippen molar-refractivity contribution in [3.8, 4) is 6.07 Å². The molecular formula is C18H18N2. The number of hydrogen-bond acceptors (Lipinski definition) is 2. The molecule has 3 rings (SSSR count). The molecule has 2 atom stereocenters. The Labute approximate surface area is 120 Å². The molecule has 2 nitrogen and oxygen atoms in total. The quantitative estimate of drug-likeness (QED) is 0.770. The van der Waals surface area contributed by atoms with Crippen molar-refractivity contribution in [1.29, 1.82) is 5.26 Å². The molecule has 1 heterocycles. The van der Waals surface area contributed by atoms with Gasteiger partial charge in [-0.2, -0.15) is 5.26 Å². The molecule has 2 heteroatoms. The van der Waals surface area contributed by atoms with Crippen LogP contribution in [0.2, 0.25) is 0 Å². The molecular weight excluding hydrogens is 244 g/mol. The third-order valence-corrected chi connectivity index (χ3v) is 3.89. The maximum absolute atomic E-state index is 8.77. The van der Waals surface area contributed by atoms with Gasteiger partial charge in [-0.1, -0.05) is 42.5 Å². The maximum atomic E-state index is 8.77. The molecule has 1 fully saturated rings. The molecule has 0 spiro atoms. The summed E-state index contributed by atoms with van der Waals surface area (Å²) in [5, 5.41) is 8.77. The molecule has 20 heavy (non-hydrogen) atoms. The van der Waals surface area contributed by atoms with Gasteiger partial charge in [0.2, 0.25) is 0 Å². The van der Waals surface area contributed by atoms with Gasteiger partial charge in [0, 0.05) is 12.6 Å². The summed E-state index contributed by atoms with van der Waals surface area (Å²) in [4.78, 5) is 2.51. The van der Waals surface area contributed by atoms with Crippen molar-refractivity contribution in [3.05, 3.63) is 71.3 Å². The Morgan fingerprint density at radius 2 is 1.80 bits per heavy atom. The lowest BCUT2D eigenvalue weighted by Crippen LogP contribution is -2.02. The summed E-state index contributed by atoms with van der Waals surface area (Å²) in [6.07, 6.45) is 2.26. The Hall–Kier alpha value is -2.11. The first kappa shape index (κ1) is 12.9. The fourth-order valence-electron chi connectivity index (χ4n) is 2.65. The van der Waals surface area contributed by atoms with Gasteiger partial charge in [0.15, 0.2) is 0 Å². The molecule has 2 aromatic rings. The highest BCUT2D eigenvalue weighted by Gasteiger charge is 2.33. The van der Waals surface area contributed by atoms with Crippen molar-refractivity contribution >= 4 is 0 Å². The second-order valence-corrected chi connectivity index (χ2v) is 5.33. The highest BCUT2D eigenvalue weighted by Crippen LogP contribution is 2.34. The Kier molecular flexibility index (Phi) is 3.80. The second-order valence-electron chi connectivity index (χ2n) is 5.33. The van der Waals surface area contributed by atoms with Crippen molar-refractivity contribution in [1.82, 2.24) is 4.90 Å². The van der Waals surface area contributed by atoms with Crippen molar-refractivity contribution < 1.29 is 0 Å². The lowest BCUT2D eigenvalue weighted by atomic mass is 10.1. The van der Waals surface area contributed by atoms with Crippen LogP contribution < -0.4 is 0 Å². The lowest BCUT2D eigenvalue weighted by molar-refractivity contribution is 0.495. The first-order valence-electron chi connectivity index (χ1n) is 7.15. The van der Waals surface area contributed by atoms with Crippen molar-refractivity contribution in [2.45, 2.75) is 18.9 Å². The average Bonchev–Trinajstić information content (AvgIpc) is 3.28. The minimum absolute atomic E-state index is 0.636. The molecule has 0 saturated carbocycles. The van der Waals surface area contributed by atoms with Gasteiger partial charge in [0.05, 0.1) is 11.6 Å². The van der Waals surface area contributed by atoms with Gasteiger partial charge in [-0.15, -0.1) is 0 Å². The summed E-state index contributed by atoms with van der Waals surface area (Å²) in [5.74, 6) is 0. The van der Waals surface area contributed by atoms with Gasteiger partial charge in [-0.25, -0.2) is 0 Å². The molecule has 2 aromatic carbocycles. The number of nitrogens with zero attached hydrogens (tertiary/aromatic N) is 2. The summed E-state index contributed by atoms with van der Waals surface area (Å²) in [6.45, 7) is 2.34. The zero-order chi connectivity index (χ0) is 13.8. The molecule has 1 aliphatic rings. The van der Waals surface area contributed by atoms with Crippen molar-refractivity contribution in [2.75, 3.05) is 13.1 Å². The average molecular weight is 262 g/mol. The van der Waals surface area contributed by atoms with E-state index in [9.17, 15) is 0 Å². The van der Waals surface area contributed by atoms with Gasteiger partial charge < -0.3 is 0 Å². The molecule has 1 aliphatic heterocycles. The maximum Gasteiger partial charge on any atom is 0.0991 e. The van der Waals surface area contributed by atoms with Crippen LogP contribution in [0.15, 0.2) is 54.6 Å². The first-order valence-corrected chi connectivity index (χ1v) is 7.15. The van der Waals surface area contributed by atoms with Crippen LogP contribution in [0.1, 0.15) is 29.2 Å². The van der Waals surface area contributed by atoms with Crippen LogP contribution in [0.5, 0.6) is 0 Å². The number of nitriles is 1. The third-order valence-electron chi connectivity index (χ3n) is 3.89. The minimum atomic E-state index is 0.636. The van der Waals surface area contributed by atoms with E-state index >= 15 is 0 Å². The van der Waals surface area contributed by atoms with Gasteiger partial charge >= 0.3 is 0 Å². The molecule has 0 aliphatic carbocycles. The Bertz CT molecular complexity index is 596. The fraction of sp³-hybridized carbons (Fsp3) is 0.278. The predicted molar refractivity (Wildman–Crippen MR) is 80.2 cm³/mol. The predicted octanol–water partition coefficient (Wildman–Crippen LogP) is 3.55. The van der Waals surface area contributed by atoms with E-state index in [0.717, 1.165) is 18.5 Å². The zero-order valence-electron chi connectivity index (χ0n) is 11.5. The van der Waals surface area contributed by atoms with E-state index in [1.807, 2.05) is 12.1 Å². The number of rotatable bonds is 5. The summed E-state index contributed by atoms with van der Waals surface area (Å²) in [6, 6.07) is 21.5. The summed E-state index contributed by atoms with van der Waals surface area (Å²) >= 11 is 0. The highest BCUT2D eigenvalue weighted by atomic mass is 15.3. The van der Waals surface area contributed by atoms with Crippen LogP contribution in [-0.2, 0) is 6.42 Å². The smallest absolute Gasteiger partial charge is 0.0991 e. The molecule has 0 N–H and O–H groups in total. The Morgan fingerprint density at radius 3 is 2.50 bits per heavy atom. The number of hydrogen-bond donors (Lipinski definition) is 0. The molecule has 1 unspecified atom stereocenters. The van der Waals surface area contributed by atoms with E-state index in [2.05, 4.69) is 53.4 Å². The van der Waals surface area contributed by atoms with Gasteiger partial charge in [-0.3, -0.25) is 4.90 Å². The monoisotopic (exact) mass is 262 g/mol. The first-order chi connectivity index (χ1) is 9.86.